The molecule has 19 heavy (non-hydrogen) atoms. The predicted octanol–water partition coefficient (Wildman–Crippen LogP) is 2.04. The molecular weight excluding hydrogens is 238 g/mol. The van der Waals surface area contributed by atoms with E-state index in [0.29, 0.717) is 17.6 Å². The van der Waals surface area contributed by atoms with E-state index in [4.69, 9.17) is 5.73 Å². The van der Waals surface area contributed by atoms with Crippen LogP contribution in [0.15, 0.2) is 18.2 Å². The Morgan fingerprint density at radius 1 is 1.58 bits per heavy atom. The van der Waals surface area contributed by atoms with Crippen molar-refractivity contribution in [2.45, 2.75) is 45.2 Å². The SMILES string of the molecule is Cc1cc(C(N)=O)ccc1NC(C)CC1CCCN1. The van der Waals surface area contributed by atoms with Crippen molar-refractivity contribution >= 4 is 11.6 Å². The Kier molecular flexibility index (Phi) is 4.43. The van der Waals surface area contributed by atoms with Crippen LogP contribution in [0.2, 0.25) is 0 Å². The standard InChI is InChI=1S/C15H23N3O/c1-10-8-12(15(16)19)5-6-14(10)18-11(2)9-13-4-3-7-17-13/h5-6,8,11,13,17-18H,3-4,7,9H2,1-2H3,(H2,16,19). The summed E-state index contributed by atoms with van der Waals surface area (Å²) in [6.45, 7) is 5.33. The Balaban J connectivity index is 1.96. The molecule has 0 bridgehead atoms. The lowest BCUT2D eigenvalue weighted by Crippen LogP contribution is -2.29. The molecule has 1 fully saturated rings. The summed E-state index contributed by atoms with van der Waals surface area (Å²) in [5.74, 6) is -0.377. The zero-order valence-electron chi connectivity index (χ0n) is 11.7. The summed E-state index contributed by atoms with van der Waals surface area (Å²) in [4.78, 5) is 11.1. The fraction of sp³-hybridized carbons (Fsp3) is 0.533. The van der Waals surface area contributed by atoms with E-state index in [2.05, 4.69) is 17.6 Å². The number of hydrogen-bond acceptors (Lipinski definition) is 3. The van der Waals surface area contributed by atoms with E-state index in [1.807, 2.05) is 19.1 Å². The molecule has 0 saturated carbocycles. The lowest BCUT2D eigenvalue weighted by Gasteiger charge is -2.20. The summed E-state index contributed by atoms with van der Waals surface area (Å²) >= 11 is 0. The number of nitrogens with two attached hydrogens (primary N) is 1. The van der Waals surface area contributed by atoms with Crippen LogP contribution in [0.5, 0.6) is 0 Å². The second-order valence-electron chi connectivity index (χ2n) is 5.47. The first-order valence-corrected chi connectivity index (χ1v) is 6.96. The van der Waals surface area contributed by atoms with Gasteiger partial charge < -0.3 is 16.4 Å². The quantitative estimate of drug-likeness (QED) is 0.760. The van der Waals surface area contributed by atoms with Gasteiger partial charge in [-0.1, -0.05) is 0 Å². The van der Waals surface area contributed by atoms with E-state index in [1.165, 1.54) is 12.8 Å². The highest BCUT2D eigenvalue weighted by molar-refractivity contribution is 5.93. The molecule has 1 aliphatic rings. The van der Waals surface area contributed by atoms with Gasteiger partial charge in [-0.15, -0.1) is 0 Å². The number of primary amides is 1. The van der Waals surface area contributed by atoms with Gasteiger partial charge in [-0.05, 0) is 63.4 Å². The number of anilines is 1. The van der Waals surface area contributed by atoms with Crippen molar-refractivity contribution < 1.29 is 4.79 Å². The van der Waals surface area contributed by atoms with Gasteiger partial charge in [-0.25, -0.2) is 0 Å². The van der Waals surface area contributed by atoms with Crippen LogP contribution < -0.4 is 16.4 Å². The molecule has 2 atom stereocenters. The zero-order chi connectivity index (χ0) is 13.8. The van der Waals surface area contributed by atoms with Crippen molar-refractivity contribution in [3.8, 4) is 0 Å². The molecule has 4 N–H and O–H groups in total. The molecule has 2 rings (SSSR count). The fourth-order valence-corrected chi connectivity index (χ4v) is 2.69. The van der Waals surface area contributed by atoms with Gasteiger partial charge in [0.25, 0.3) is 0 Å². The van der Waals surface area contributed by atoms with Crippen LogP contribution in [0.3, 0.4) is 0 Å². The van der Waals surface area contributed by atoms with Crippen LogP contribution in [0.25, 0.3) is 0 Å². The summed E-state index contributed by atoms with van der Waals surface area (Å²) in [6.07, 6.45) is 3.67. The first-order valence-electron chi connectivity index (χ1n) is 6.96. The average molecular weight is 261 g/mol. The van der Waals surface area contributed by atoms with Gasteiger partial charge in [0.15, 0.2) is 0 Å². The molecule has 0 aromatic heterocycles. The molecule has 1 aromatic carbocycles. The van der Waals surface area contributed by atoms with Crippen LogP contribution in [0, 0.1) is 6.92 Å². The van der Waals surface area contributed by atoms with Gasteiger partial charge in [0.05, 0.1) is 0 Å². The van der Waals surface area contributed by atoms with Crippen molar-refractivity contribution in [3.63, 3.8) is 0 Å². The van der Waals surface area contributed by atoms with Crippen molar-refractivity contribution in [1.82, 2.24) is 5.32 Å². The van der Waals surface area contributed by atoms with Gasteiger partial charge in [0, 0.05) is 23.3 Å². The summed E-state index contributed by atoms with van der Waals surface area (Å²) in [7, 11) is 0. The largest absolute Gasteiger partial charge is 0.382 e. The molecule has 1 saturated heterocycles. The molecule has 4 nitrogen and oxygen atoms in total. The highest BCUT2D eigenvalue weighted by Crippen LogP contribution is 2.19. The highest BCUT2D eigenvalue weighted by Gasteiger charge is 2.17. The van der Waals surface area contributed by atoms with E-state index < -0.39 is 0 Å². The topological polar surface area (TPSA) is 67.2 Å². The van der Waals surface area contributed by atoms with Crippen LogP contribution in [0.4, 0.5) is 5.69 Å². The zero-order valence-corrected chi connectivity index (χ0v) is 11.7. The lowest BCUT2D eigenvalue weighted by molar-refractivity contribution is 0.1000. The molecule has 1 aliphatic heterocycles. The van der Waals surface area contributed by atoms with Crippen LogP contribution in [0.1, 0.15) is 42.1 Å². The summed E-state index contributed by atoms with van der Waals surface area (Å²) in [6, 6.07) is 6.60. The Morgan fingerprint density at radius 2 is 2.37 bits per heavy atom. The minimum Gasteiger partial charge on any atom is -0.382 e. The summed E-state index contributed by atoms with van der Waals surface area (Å²) < 4.78 is 0. The smallest absolute Gasteiger partial charge is 0.248 e. The molecule has 104 valence electrons. The molecule has 0 radical (unpaired) electrons. The third-order valence-corrected chi connectivity index (χ3v) is 3.71. The second kappa shape index (κ2) is 6.06. The van der Waals surface area contributed by atoms with E-state index >= 15 is 0 Å². The first kappa shape index (κ1) is 13.9. The molecular formula is C15H23N3O. The maximum atomic E-state index is 11.1. The third kappa shape index (κ3) is 3.70. The minimum atomic E-state index is -0.377. The lowest BCUT2D eigenvalue weighted by atomic mass is 10.0. The number of benzene rings is 1. The van der Waals surface area contributed by atoms with Gasteiger partial charge in [-0.2, -0.15) is 0 Å². The Labute approximate surface area is 114 Å². The number of nitrogens with one attached hydrogen (secondary N) is 2. The minimum absolute atomic E-state index is 0.377. The number of carbonyl (C=O) groups excluding carboxylic acids is 1. The predicted molar refractivity (Wildman–Crippen MR) is 78.4 cm³/mol. The van der Waals surface area contributed by atoms with Crippen molar-refractivity contribution in [3.05, 3.63) is 29.3 Å². The van der Waals surface area contributed by atoms with Crippen molar-refractivity contribution in [1.29, 1.82) is 0 Å². The maximum absolute atomic E-state index is 11.1. The number of rotatable bonds is 5. The second-order valence-corrected chi connectivity index (χ2v) is 5.47. The monoisotopic (exact) mass is 261 g/mol. The van der Waals surface area contributed by atoms with Crippen LogP contribution in [-0.2, 0) is 0 Å². The summed E-state index contributed by atoms with van der Waals surface area (Å²) in [5, 5.41) is 7.02. The molecule has 0 spiro atoms. The highest BCUT2D eigenvalue weighted by atomic mass is 16.1. The number of carbonyl (C=O) groups is 1. The Hall–Kier alpha value is -1.55. The van der Waals surface area contributed by atoms with Gasteiger partial charge in [0.1, 0.15) is 0 Å². The summed E-state index contributed by atoms with van der Waals surface area (Å²) in [5.41, 5.74) is 7.98. The number of amides is 1. The molecule has 2 unspecified atom stereocenters. The van der Waals surface area contributed by atoms with E-state index in [9.17, 15) is 4.79 Å². The normalized spacial score (nSPS) is 20.2. The maximum Gasteiger partial charge on any atom is 0.248 e. The van der Waals surface area contributed by atoms with Crippen LogP contribution in [-0.4, -0.2) is 24.5 Å². The molecule has 1 aromatic rings. The fourth-order valence-electron chi connectivity index (χ4n) is 2.69. The molecule has 1 amide bonds. The first-order chi connectivity index (χ1) is 9.06. The van der Waals surface area contributed by atoms with Gasteiger partial charge in [0.2, 0.25) is 5.91 Å². The van der Waals surface area contributed by atoms with E-state index in [-0.39, 0.29) is 5.91 Å². The van der Waals surface area contributed by atoms with E-state index in [0.717, 1.165) is 24.2 Å². The van der Waals surface area contributed by atoms with E-state index in [1.54, 1.807) is 6.07 Å². The molecule has 4 heteroatoms. The Bertz CT molecular complexity index is 453. The average Bonchev–Trinajstić information content (AvgIpc) is 2.84. The van der Waals surface area contributed by atoms with Crippen LogP contribution >= 0.6 is 0 Å². The van der Waals surface area contributed by atoms with Crippen molar-refractivity contribution in [2.75, 3.05) is 11.9 Å². The van der Waals surface area contributed by atoms with Gasteiger partial charge in [-0.3, -0.25) is 4.79 Å². The number of aryl methyl sites for hydroxylation is 1. The van der Waals surface area contributed by atoms with Crippen molar-refractivity contribution in [2.24, 2.45) is 5.73 Å². The molecule has 0 aliphatic carbocycles. The Morgan fingerprint density at radius 3 is 2.95 bits per heavy atom. The van der Waals surface area contributed by atoms with Gasteiger partial charge >= 0.3 is 0 Å². The molecule has 1 heterocycles. The third-order valence-electron chi connectivity index (χ3n) is 3.71. The number of hydrogen-bond donors (Lipinski definition) is 3.